The van der Waals surface area contributed by atoms with Crippen molar-refractivity contribution in [3.05, 3.63) is 47.3 Å². The number of rotatable bonds is 5. The predicted molar refractivity (Wildman–Crippen MR) is 102 cm³/mol. The molecule has 0 saturated carbocycles. The number of H-pyrrole nitrogens is 1. The number of nitrogens with zero attached hydrogens (tertiary/aromatic N) is 2. The molecule has 0 bridgehead atoms. The highest BCUT2D eigenvalue weighted by Crippen LogP contribution is 2.21. The minimum atomic E-state index is -0.150. The van der Waals surface area contributed by atoms with Crippen LogP contribution in [0.4, 0.5) is 5.69 Å². The summed E-state index contributed by atoms with van der Waals surface area (Å²) in [5.41, 5.74) is 3.06. The van der Waals surface area contributed by atoms with E-state index < -0.39 is 0 Å². The molecule has 1 atom stereocenters. The normalized spacial score (nSPS) is 17.4. The van der Waals surface area contributed by atoms with Gasteiger partial charge >= 0.3 is 0 Å². The zero-order chi connectivity index (χ0) is 18.7. The molecule has 3 rings (SSSR count). The second-order valence-electron chi connectivity index (χ2n) is 7.23. The summed E-state index contributed by atoms with van der Waals surface area (Å²) in [6, 6.07) is 10.2. The van der Waals surface area contributed by atoms with Gasteiger partial charge in [-0.15, -0.1) is 0 Å². The Labute approximate surface area is 154 Å². The zero-order valence-corrected chi connectivity index (χ0v) is 15.6. The van der Waals surface area contributed by atoms with Gasteiger partial charge in [0.15, 0.2) is 5.78 Å². The van der Waals surface area contributed by atoms with Crippen molar-refractivity contribution in [3.63, 3.8) is 0 Å². The first-order chi connectivity index (χ1) is 12.4. The number of aromatic nitrogens is 2. The van der Waals surface area contributed by atoms with Crippen molar-refractivity contribution >= 4 is 17.4 Å². The maximum absolute atomic E-state index is 12.7. The Balaban J connectivity index is 1.63. The van der Waals surface area contributed by atoms with Gasteiger partial charge in [0.1, 0.15) is 11.4 Å². The summed E-state index contributed by atoms with van der Waals surface area (Å²) in [5, 5.41) is 10.1. The van der Waals surface area contributed by atoms with Gasteiger partial charge in [0, 0.05) is 31.7 Å². The molecule has 26 heavy (non-hydrogen) atoms. The van der Waals surface area contributed by atoms with Crippen LogP contribution in [-0.2, 0) is 0 Å². The Kier molecular flexibility index (Phi) is 5.40. The molecule has 0 radical (unpaired) electrons. The molecule has 1 aliphatic heterocycles. The van der Waals surface area contributed by atoms with Gasteiger partial charge in [0.2, 0.25) is 0 Å². The van der Waals surface area contributed by atoms with Gasteiger partial charge in [-0.3, -0.25) is 14.7 Å². The van der Waals surface area contributed by atoms with Crippen molar-refractivity contribution < 1.29 is 9.59 Å². The van der Waals surface area contributed by atoms with Gasteiger partial charge in [0.25, 0.3) is 5.91 Å². The van der Waals surface area contributed by atoms with Crippen LogP contribution in [-0.4, -0.2) is 45.9 Å². The highest BCUT2D eigenvalue weighted by Gasteiger charge is 2.26. The molecule has 0 aliphatic carbocycles. The van der Waals surface area contributed by atoms with Gasteiger partial charge in [-0.05, 0) is 42.5 Å². The van der Waals surface area contributed by atoms with Gasteiger partial charge in [-0.1, -0.05) is 26.0 Å². The average molecular weight is 354 g/mol. The summed E-state index contributed by atoms with van der Waals surface area (Å²) in [6.45, 7) is 7.16. The molecule has 2 N–H and O–H groups in total. The van der Waals surface area contributed by atoms with E-state index in [1.807, 2.05) is 4.90 Å². The molecule has 1 aromatic carbocycles. The van der Waals surface area contributed by atoms with Gasteiger partial charge in [-0.25, -0.2) is 0 Å². The first-order valence-electron chi connectivity index (χ1n) is 9.16. The molecule has 2 aromatic rings. The third kappa shape index (κ3) is 4.12. The van der Waals surface area contributed by atoms with Crippen LogP contribution < -0.4 is 5.32 Å². The highest BCUT2D eigenvalue weighted by atomic mass is 16.2. The lowest BCUT2D eigenvalue weighted by molar-refractivity contribution is 0.0708. The molecule has 1 fully saturated rings. The molecule has 6 heteroatoms. The zero-order valence-electron chi connectivity index (χ0n) is 15.6. The number of likely N-dealkylation sites (tertiary alicyclic amines) is 1. The van der Waals surface area contributed by atoms with E-state index in [9.17, 15) is 9.59 Å². The van der Waals surface area contributed by atoms with Crippen molar-refractivity contribution in [2.75, 3.05) is 18.4 Å². The first-order valence-corrected chi connectivity index (χ1v) is 9.16. The molecule has 1 aliphatic rings. The van der Waals surface area contributed by atoms with E-state index in [-0.39, 0.29) is 17.7 Å². The Hall–Kier alpha value is -2.63. The fourth-order valence-electron chi connectivity index (χ4n) is 3.26. The molecule has 138 valence electrons. The molecule has 1 amide bonds. The first kappa shape index (κ1) is 18.2. The van der Waals surface area contributed by atoms with Crippen molar-refractivity contribution in [2.45, 2.75) is 45.6 Å². The molecule has 2 heterocycles. The molecule has 6 nitrogen and oxygen atoms in total. The topological polar surface area (TPSA) is 78.1 Å². The van der Waals surface area contributed by atoms with Crippen molar-refractivity contribution in [2.24, 2.45) is 0 Å². The molecule has 0 unspecified atom stereocenters. The third-order valence-corrected chi connectivity index (χ3v) is 4.83. The number of nitrogens with one attached hydrogen (secondary N) is 2. The van der Waals surface area contributed by atoms with Crippen LogP contribution in [0, 0.1) is 0 Å². The van der Waals surface area contributed by atoms with Crippen LogP contribution in [0.5, 0.6) is 0 Å². The van der Waals surface area contributed by atoms with E-state index in [0.717, 1.165) is 25.1 Å². The lowest BCUT2D eigenvalue weighted by atomic mass is 10.0. The minimum absolute atomic E-state index is 0.105. The smallest absolute Gasteiger partial charge is 0.271 e. The number of amides is 1. The standard InChI is InChI=1S/C20H26N4O2/c1-13(2)15-6-8-16(9-7-15)21-17-5-4-10-24(12-17)20(26)19-11-18(14(3)25)22-23-19/h6-9,11,13,17,21H,4-5,10,12H2,1-3H3,(H,22,23)/t17-/m0/s1. The van der Waals surface area contributed by atoms with Crippen LogP contribution in [0.25, 0.3) is 0 Å². The van der Waals surface area contributed by atoms with E-state index in [2.05, 4.69) is 53.6 Å². The number of carbonyl (C=O) groups is 2. The average Bonchev–Trinajstić information content (AvgIpc) is 3.12. The molecule has 1 aromatic heterocycles. The summed E-state index contributed by atoms with van der Waals surface area (Å²) in [4.78, 5) is 25.9. The maximum Gasteiger partial charge on any atom is 0.271 e. The van der Waals surface area contributed by atoms with Crippen LogP contribution >= 0.6 is 0 Å². The fraction of sp³-hybridized carbons (Fsp3) is 0.450. The highest BCUT2D eigenvalue weighted by molar-refractivity contribution is 5.97. The van der Waals surface area contributed by atoms with Crippen LogP contribution in [0.1, 0.15) is 66.1 Å². The summed E-state index contributed by atoms with van der Waals surface area (Å²) in [6.07, 6.45) is 1.97. The quantitative estimate of drug-likeness (QED) is 0.806. The van der Waals surface area contributed by atoms with E-state index in [1.54, 1.807) is 0 Å². The number of benzene rings is 1. The number of carbonyl (C=O) groups excluding carboxylic acids is 2. The Morgan fingerprint density at radius 2 is 2.00 bits per heavy atom. The van der Waals surface area contributed by atoms with E-state index in [4.69, 9.17) is 0 Å². The Morgan fingerprint density at radius 3 is 2.62 bits per heavy atom. The summed E-state index contributed by atoms with van der Waals surface area (Å²) in [7, 11) is 0. The maximum atomic E-state index is 12.7. The number of hydrogen-bond donors (Lipinski definition) is 2. The van der Waals surface area contributed by atoms with Gasteiger partial charge in [-0.2, -0.15) is 5.10 Å². The molecule has 0 spiro atoms. The predicted octanol–water partition coefficient (Wildman–Crippen LogP) is 3.45. The Morgan fingerprint density at radius 1 is 1.27 bits per heavy atom. The number of piperidine rings is 1. The minimum Gasteiger partial charge on any atom is -0.381 e. The second kappa shape index (κ2) is 7.72. The van der Waals surface area contributed by atoms with E-state index in [1.165, 1.54) is 18.6 Å². The second-order valence-corrected chi connectivity index (χ2v) is 7.23. The van der Waals surface area contributed by atoms with Crippen molar-refractivity contribution in [1.82, 2.24) is 15.1 Å². The van der Waals surface area contributed by atoms with Crippen LogP contribution in [0.15, 0.2) is 30.3 Å². The lowest BCUT2D eigenvalue weighted by Gasteiger charge is -2.33. The summed E-state index contributed by atoms with van der Waals surface area (Å²) in [5.74, 6) is 0.260. The van der Waals surface area contributed by atoms with E-state index in [0.29, 0.717) is 23.9 Å². The lowest BCUT2D eigenvalue weighted by Crippen LogP contribution is -2.45. The van der Waals surface area contributed by atoms with Crippen molar-refractivity contribution in [3.8, 4) is 0 Å². The van der Waals surface area contributed by atoms with Gasteiger partial charge in [0.05, 0.1) is 0 Å². The molecular weight excluding hydrogens is 328 g/mol. The Bertz CT molecular complexity index is 779. The van der Waals surface area contributed by atoms with Crippen molar-refractivity contribution in [1.29, 1.82) is 0 Å². The third-order valence-electron chi connectivity index (χ3n) is 4.83. The van der Waals surface area contributed by atoms with Crippen LogP contribution in [0.2, 0.25) is 0 Å². The number of Topliss-reactive ketones (excluding diaryl/α,β-unsaturated/α-hetero) is 1. The SMILES string of the molecule is CC(=O)c1cc(C(=O)N2CCC[C@H](Nc3ccc(C(C)C)cc3)C2)[nH]n1. The van der Waals surface area contributed by atoms with Gasteiger partial charge < -0.3 is 10.2 Å². The number of anilines is 1. The number of aromatic amines is 1. The summed E-state index contributed by atoms with van der Waals surface area (Å²) < 4.78 is 0. The van der Waals surface area contributed by atoms with Crippen LogP contribution in [0.3, 0.4) is 0 Å². The fourth-order valence-corrected chi connectivity index (χ4v) is 3.26. The number of ketones is 1. The number of hydrogen-bond acceptors (Lipinski definition) is 4. The molecular formula is C20H26N4O2. The molecule has 1 saturated heterocycles. The largest absolute Gasteiger partial charge is 0.381 e. The monoisotopic (exact) mass is 354 g/mol. The summed E-state index contributed by atoms with van der Waals surface area (Å²) >= 11 is 0. The van der Waals surface area contributed by atoms with E-state index >= 15 is 0 Å².